The largest absolute Gasteiger partial charge is 0.456 e. The van der Waals surface area contributed by atoms with Crippen LogP contribution in [0.4, 0.5) is 5.69 Å². The average Bonchev–Trinajstić information content (AvgIpc) is 2.26. The van der Waals surface area contributed by atoms with Gasteiger partial charge >= 0.3 is 0 Å². The molecule has 1 aliphatic carbocycles. The summed E-state index contributed by atoms with van der Waals surface area (Å²) in [5.74, 6) is 0.589. The van der Waals surface area contributed by atoms with E-state index in [0.29, 0.717) is 17.0 Å². The van der Waals surface area contributed by atoms with Gasteiger partial charge in [0.2, 0.25) is 0 Å². The second kappa shape index (κ2) is 3.10. The number of hydrogen-bond donors (Lipinski definition) is 1. The minimum Gasteiger partial charge on any atom is -0.456 e. The van der Waals surface area contributed by atoms with Crippen LogP contribution in [0.3, 0.4) is 0 Å². The van der Waals surface area contributed by atoms with Gasteiger partial charge in [-0.15, -0.1) is 0 Å². The molecule has 0 spiro atoms. The molecule has 3 rings (SSSR count). The first-order valence-electron chi connectivity index (χ1n) is 4.95. The quantitative estimate of drug-likeness (QED) is 0.459. The van der Waals surface area contributed by atoms with Crippen molar-refractivity contribution in [3.05, 3.63) is 52.7 Å². The summed E-state index contributed by atoms with van der Waals surface area (Å²) in [6.45, 7) is 0. The molecule has 0 fully saturated rings. The number of nitrogen functional groups attached to an aromatic ring is 1. The fraction of sp³-hybridized carbons (Fsp3) is 0. The lowest BCUT2D eigenvalue weighted by molar-refractivity contribution is 0.619. The smallest absolute Gasteiger partial charge is 0.182 e. The Labute approximate surface area is 91.5 Å². The minimum atomic E-state index is -0.0560. The van der Waals surface area contributed by atoms with Crippen molar-refractivity contribution in [3.63, 3.8) is 0 Å². The van der Waals surface area contributed by atoms with Gasteiger partial charge in [-0.3, -0.25) is 4.79 Å². The van der Waals surface area contributed by atoms with E-state index in [-0.39, 0.29) is 5.43 Å². The maximum atomic E-state index is 11.2. The highest BCUT2D eigenvalue weighted by atomic mass is 16.3. The second-order valence-corrected chi connectivity index (χ2v) is 3.74. The summed E-state index contributed by atoms with van der Waals surface area (Å²) in [6.07, 6.45) is 0. The molecule has 0 radical (unpaired) electrons. The van der Waals surface area contributed by atoms with Gasteiger partial charge in [0, 0.05) is 28.8 Å². The monoisotopic (exact) mass is 211 g/mol. The molecule has 0 saturated carbocycles. The van der Waals surface area contributed by atoms with E-state index in [1.54, 1.807) is 12.1 Å². The summed E-state index contributed by atoms with van der Waals surface area (Å²) in [5, 5.41) is 0.973. The molecule has 2 aliphatic rings. The lowest BCUT2D eigenvalue weighted by Gasteiger charge is -2.06. The van der Waals surface area contributed by atoms with Crippen LogP contribution in [0, 0.1) is 0 Å². The number of hydrogen-bond acceptors (Lipinski definition) is 3. The Hall–Kier alpha value is -2.29. The second-order valence-electron chi connectivity index (χ2n) is 3.74. The summed E-state index contributed by atoms with van der Waals surface area (Å²) in [4.78, 5) is 11.2. The van der Waals surface area contributed by atoms with Crippen molar-refractivity contribution in [1.29, 1.82) is 0 Å². The highest BCUT2D eigenvalue weighted by Gasteiger charge is 2.07. The van der Waals surface area contributed by atoms with Gasteiger partial charge in [0.25, 0.3) is 0 Å². The van der Waals surface area contributed by atoms with Crippen LogP contribution in [0.2, 0.25) is 0 Å². The van der Waals surface area contributed by atoms with E-state index < -0.39 is 0 Å². The van der Waals surface area contributed by atoms with Crippen molar-refractivity contribution in [3.8, 4) is 11.3 Å². The third-order valence-electron chi connectivity index (χ3n) is 2.55. The number of nitrogens with two attached hydrogens (primary N) is 1. The van der Waals surface area contributed by atoms with E-state index in [1.807, 2.05) is 18.2 Å². The first-order valence-corrected chi connectivity index (χ1v) is 4.95. The van der Waals surface area contributed by atoms with E-state index >= 15 is 0 Å². The summed E-state index contributed by atoms with van der Waals surface area (Å²) in [7, 11) is 0. The molecular formula is C13H9NO2. The van der Waals surface area contributed by atoms with Crippen molar-refractivity contribution < 1.29 is 4.42 Å². The van der Waals surface area contributed by atoms with Crippen LogP contribution in [-0.4, -0.2) is 0 Å². The molecule has 0 amide bonds. The van der Waals surface area contributed by atoms with Gasteiger partial charge in [-0.25, -0.2) is 0 Å². The predicted molar refractivity (Wildman–Crippen MR) is 63.5 cm³/mol. The fourth-order valence-corrected chi connectivity index (χ4v) is 1.77. The molecule has 3 nitrogen and oxygen atoms in total. The van der Waals surface area contributed by atoms with Crippen molar-refractivity contribution in [2.75, 3.05) is 5.73 Å². The molecule has 3 heteroatoms. The van der Waals surface area contributed by atoms with E-state index in [0.717, 1.165) is 10.9 Å². The Morgan fingerprint density at radius 3 is 2.75 bits per heavy atom. The van der Waals surface area contributed by atoms with Gasteiger partial charge in [0.05, 0.1) is 0 Å². The number of rotatable bonds is 0. The van der Waals surface area contributed by atoms with Gasteiger partial charge in [0.15, 0.2) is 5.43 Å². The SMILES string of the molecule is Nc1ccc2cc3ccc(=O)cc-3oc2c1. The molecule has 0 aromatic heterocycles. The number of anilines is 1. The normalized spacial score (nSPS) is 11.0. The Balaban J connectivity index is 2.46. The molecule has 0 saturated heterocycles. The maximum absolute atomic E-state index is 11.2. The predicted octanol–water partition coefficient (Wildman–Crippen LogP) is 2.48. The summed E-state index contributed by atoms with van der Waals surface area (Å²) in [6, 6.07) is 12.2. The summed E-state index contributed by atoms with van der Waals surface area (Å²) in [5.41, 5.74) is 7.87. The van der Waals surface area contributed by atoms with Crippen LogP contribution < -0.4 is 11.2 Å². The molecule has 0 bridgehead atoms. The van der Waals surface area contributed by atoms with Crippen molar-refractivity contribution in [1.82, 2.24) is 0 Å². The van der Waals surface area contributed by atoms with E-state index in [9.17, 15) is 4.79 Å². The Kier molecular flexibility index (Phi) is 1.74. The molecule has 16 heavy (non-hydrogen) atoms. The number of fused-ring (bicyclic) bond motifs is 2. The lowest BCUT2D eigenvalue weighted by atomic mass is 10.1. The molecule has 0 atom stereocenters. The van der Waals surface area contributed by atoms with E-state index in [1.165, 1.54) is 12.1 Å². The molecule has 1 aromatic rings. The highest BCUT2D eigenvalue weighted by Crippen LogP contribution is 2.27. The van der Waals surface area contributed by atoms with Gasteiger partial charge < -0.3 is 10.2 Å². The minimum absolute atomic E-state index is 0.0560. The molecule has 0 unspecified atom stereocenters. The fourth-order valence-electron chi connectivity index (χ4n) is 1.77. The van der Waals surface area contributed by atoms with Gasteiger partial charge in [0.1, 0.15) is 11.3 Å². The summed E-state index contributed by atoms with van der Waals surface area (Å²) >= 11 is 0. The zero-order valence-corrected chi connectivity index (χ0v) is 8.44. The molecular weight excluding hydrogens is 202 g/mol. The molecule has 2 N–H and O–H groups in total. The highest BCUT2D eigenvalue weighted by molar-refractivity contribution is 5.84. The van der Waals surface area contributed by atoms with Crippen LogP contribution in [0.25, 0.3) is 22.3 Å². The lowest BCUT2D eigenvalue weighted by Crippen LogP contribution is -1.97. The van der Waals surface area contributed by atoms with Crippen LogP contribution in [0.5, 0.6) is 0 Å². The third kappa shape index (κ3) is 1.34. The first-order chi connectivity index (χ1) is 7.72. The van der Waals surface area contributed by atoms with Crippen molar-refractivity contribution in [2.24, 2.45) is 0 Å². The molecule has 78 valence electrons. The average molecular weight is 211 g/mol. The molecule has 1 aliphatic heterocycles. The van der Waals surface area contributed by atoms with Crippen molar-refractivity contribution >= 4 is 16.7 Å². The zero-order valence-electron chi connectivity index (χ0n) is 8.44. The van der Waals surface area contributed by atoms with Crippen LogP contribution in [-0.2, 0) is 0 Å². The third-order valence-corrected chi connectivity index (χ3v) is 2.55. The van der Waals surface area contributed by atoms with Crippen LogP contribution >= 0.6 is 0 Å². The Morgan fingerprint density at radius 2 is 1.88 bits per heavy atom. The first kappa shape index (κ1) is 8.97. The Morgan fingerprint density at radius 1 is 1.00 bits per heavy atom. The van der Waals surface area contributed by atoms with Crippen LogP contribution in [0.15, 0.2) is 51.7 Å². The van der Waals surface area contributed by atoms with Gasteiger partial charge in [-0.2, -0.15) is 0 Å². The summed E-state index contributed by atoms with van der Waals surface area (Å²) < 4.78 is 5.63. The standard InChI is InChI=1S/C13H9NO2/c14-10-3-1-8-5-9-2-4-11(15)7-13(9)16-12(8)6-10/h1-7H,14H2. The van der Waals surface area contributed by atoms with Crippen LogP contribution in [0.1, 0.15) is 0 Å². The van der Waals surface area contributed by atoms with Gasteiger partial charge in [-0.1, -0.05) is 0 Å². The van der Waals surface area contributed by atoms with Gasteiger partial charge in [-0.05, 0) is 30.3 Å². The van der Waals surface area contributed by atoms with Crippen molar-refractivity contribution in [2.45, 2.75) is 0 Å². The molecule has 1 aromatic carbocycles. The van der Waals surface area contributed by atoms with E-state index in [4.69, 9.17) is 10.2 Å². The number of benzene rings is 2. The zero-order chi connectivity index (χ0) is 11.1. The van der Waals surface area contributed by atoms with E-state index in [2.05, 4.69) is 0 Å². The Bertz CT molecular complexity index is 700. The maximum Gasteiger partial charge on any atom is 0.182 e. The molecule has 1 heterocycles. The topological polar surface area (TPSA) is 56.2 Å².